The van der Waals surface area contributed by atoms with Crippen molar-refractivity contribution in [2.45, 2.75) is 39.8 Å². The molecule has 0 bridgehead atoms. The molecule has 0 aliphatic rings. The topological polar surface area (TPSA) is 84.4 Å². The van der Waals surface area contributed by atoms with Crippen LogP contribution in [0.2, 0.25) is 0 Å². The highest BCUT2D eigenvalue weighted by molar-refractivity contribution is 5.55. The highest BCUT2D eigenvalue weighted by atomic mass is 16.6. The van der Waals surface area contributed by atoms with Crippen LogP contribution >= 0.6 is 0 Å². The summed E-state index contributed by atoms with van der Waals surface area (Å²) in [6.45, 7) is 7.90. The summed E-state index contributed by atoms with van der Waals surface area (Å²) in [5.74, 6) is 5.46. The van der Waals surface area contributed by atoms with Crippen LogP contribution in [0.5, 0.6) is 0 Å². The van der Waals surface area contributed by atoms with Gasteiger partial charge in [-0.3, -0.25) is 20.9 Å². The van der Waals surface area contributed by atoms with Gasteiger partial charge in [0.15, 0.2) is 0 Å². The molecule has 6 heteroatoms. The van der Waals surface area contributed by atoms with Crippen LogP contribution < -0.4 is 11.3 Å². The summed E-state index contributed by atoms with van der Waals surface area (Å²) in [5.41, 5.74) is 4.27. The first-order chi connectivity index (χ1) is 9.03. The van der Waals surface area contributed by atoms with Crippen LogP contribution in [-0.4, -0.2) is 22.4 Å². The number of nitrogens with one attached hydrogen (secondary N) is 1. The number of nitrogens with zero attached hydrogens (tertiary/aromatic N) is 2. The van der Waals surface area contributed by atoms with E-state index < -0.39 is 0 Å². The minimum absolute atomic E-state index is 0.0919. The smallest absolute Gasteiger partial charge is 0.269 e. The van der Waals surface area contributed by atoms with Crippen LogP contribution in [0, 0.1) is 10.1 Å². The van der Waals surface area contributed by atoms with Gasteiger partial charge >= 0.3 is 0 Å². The summed E-state index contributed by atoms with van der Waals surface area (Å²) in [5, 5.41) is 10.8. The summed E-state index contributed by atoms with van der Waals surface area (Å²) in [4.78, 5) is 12.7. The first-order valence-corrected chi connectivity index (χ1v) is 6.51. The Morgan fingerprint density at radius 3 is 2.63 bits per heavy atom. The van der Waals surface area contributed by atoms with E-state index in [4.69, 9.17) is 5.84 Å². The molecule has 0 radical (unpaired) electrons. The van der Waals surface area contributed by atoms with Gasteiger partial charge in [0.1, 0.15) is 0 Å². The Kier molecular flexibility index (Phi) is 5.72. The Labute approximate surface area is 113 Å². The first-order valence-electron chi connectivity index (χ1n) is 6.51. The molecule has 0 heterocycles. The Hall–Kier alpha value is -1.66. The zero-order valence-electron chi connectivity index (χ0n) is 11.7. The minimum atomic E-state index is -0.386. The molecule has 6 nitrogen and oxygen atoms in total. The van der Waals surface area contributed by atoms with Crippen molar-refractivity contribution in [3.63, 3.8) is 0 Å². The highest BCUT2D eigenvalue weighted by Gasteiger charge is 2.15. The maximum absolute atomic E-state index is 10.8. The Morgan fingerprint density at radius 1 is 1.47 bits per heavy atom. The number of benzene rings is 1. The first kappa shape index (κ1) is 15.4. The van der Waals surface area contributed by atoms with E-state index in [0.29, 0.717) is 12.6 Å². The molecule has 0 aliphatic carbocycles. The summed E-state index contributed by atoms with van der Waals surface area (Å²) >= 11 is 0. The molecule has 1 unspecified atom stereocenters. The van der Waals surface area contributed by atoms with Crippen LogP contribution in [0.4, 0.5) is 11.4 Å². The molecule has 1 atom stereocenters. The molecule has 1 rings (SSSR count). The number of non-ortho nitro benzene ring substituents is 1. The number of nitrogen functional groups attached to an aromatic ring is 1. The number of rotatable bonds is 7. The fourth-order valence-corrected chi connectivity index (χ4v) is 2.02. The van der Waals surface area contributed by atoms with Crippen molar-refractivity contribution in [1.29, 1.82) is 0 Å². The average molecular weight is 266 g/mol. The highest BCUT2D eigenvalue weighted by Crippen LogP contribution is 2.23. The van der Waals surface area contributed by atoms with E-state index in [1.54, 1.807) is 12.1 Å². The molecular formula is C13H22N4O2. The number of hydrogen-bond acceptors (Lipinski definition) is 5. The van der Waals surface area contributed by atoms with Gasteiger partial charge < -0.3 is 5.43 Å². The van der Waals surface area contributed by atoms with Gasteiger partial charge in [-0.2, -0.15) is 0 Å². The predicted molar refractivity (Wildman–Crippen MR) is 76.7 cm³/mol. The molecule has 3 N–H and O–H groups in total. The van der Waals surface area contributed by atoms with Crippen LogP contribution in [0.1, 0.15) is 32.8 Å². The van der Waals surface area contributed by atoms with Gasteiger partial charge in [-0.25, -0.2) is 0 Å². The zero-order valence-corrected chi connectivity index (χ0v) is 11.7. The molecule has 1 aromatic carbocycles. The number of nitro benzene ring substituents is 1. The lowest BCUT2D eigenvalue weighted by atomic mass is 10.1. The third-order valence-electron chi connectivity index (χ3n) is 3.45. The third kappa shape index (κ3) is 3.90. The predicted octanol–water partition coefficient (Wildman–Crippen LogP) is 2.50. The van der Waals surface area contributed by atoms with Gasteiger partial charge in [0.05, 0.1) is 10.6 Å². The van der Waals surface area contributed by atoms with Crippen molar-refractivity contribution in [2.24, 2.45) is 5.84 Å². The molecule has 106 valence electrons. The molecule has 0 aromatic heterocycles. The van der Waals surface area contributed by atoms with E-state index in [1.807, 2.05) is 0 Å². The van der Waals surface area contributed by atoms with Gasteiger partial charge in [-0.05, 0) is 31.5 Å². The lowest BCUT2D eigenvalue weighted by Crippen LogP contribution is -2.32. The second-order valence-electron chi connectivity index (χ2n) is 4.56. The standard InChI is InChI=1S/C13H22N4O2/c1-4-10(3)16(5-2)9-11-8-12(17(18)19)6-7-13(11)15-14/h6-8,10,15H,4-5,9,14H2,1-3H3. The van der Waals surface area contributed by atoms with Crippen LogP contribution in [0.15, 0.2) is 18.2 Å². The molecule has 0 saturated carbocycles. The van der Waals surface area contributed by atoms with Crippen molar-refractivity contribution < 1.29 is 4.92 Å². The SMILES string of the molecule is CCC(C)N(CC)Cc1cc([N+](=O)[O-])ccc1NN. The molecule has 0 fully saturated rings. The average Bonchev–Trinajstić information content (AvgIpc) is 2.43. The normalized spacial score (nSPS) is 12.5. The second-order valence-corrected chi connectivity index (χ2v) is 4.56. The van der Waals surface area contributed by atoms with E-state index >= 15 is 0 Å². The number of anilines is 1. The summed E-state index contributed by atoms with van der Waals surface area (Å²) in [6.07, 6.45) is 1.04. The zero-order chi connectivity index (χ0) is 14.4. The van der Waals surface area contributed by atoms with Gasteiger partial charge in [0, 0.05) is 24.7 Å². The van der Waals surface area contributed by atoms with Crippen molar-refractivity contribution in [3.05, 3.63) is 33.9 Å². The fourth-order valence-electron chi connectivity index (χ4n) is 2.02. The Bertz CT molecular complexity index is 437. The number of hydrazine groups is 1. The molecule has 0 aliphatic heterocycles. The van der Waals surface area contributed by atoms with Gasteiger partial charge in [0.25, 0.3) is 5.69 Å². The lowest BCUT2D eigenvalue weighted by Gasteiger charge is -2.27. The van der Waals surface area contributed by atoms with E-state index in [2.05, 4.69) is 31.1 Å². The molecule has 0 spiro atoms. The van der Waals surface area contributed by atoms with Crippen molar-refractivity contribution in [1.82, 2.24) is 4.90 Å². The Balaban J connectivity index is 3.02. The largest absolute Gasteiger partial charge is 0.324 e. The molecule has 0 saturated heterocycles. The molecule has 1 aromatic rings. The molecular weight excluding hydrogens is 244 g/mol. The van der Waals surface area contributed by atoms with E-state index in [0.717, 1.165) is 24.2 Å². The summed E-state index contributed by atoms with van der Waals surface area (Å²) in [7, 11) is 0. The summed E-state index contributed by atoms with van der Waals surface area (Å²) in [6, 6.07) is 5.12. The van der Waals surface area contributed by atoms with Crippen LogP contribution in [0.3, 0.4) is 0 Å². The lowest BCUT2D eigenvalue weighted by molar-refractivity contribution is -0.384. The Morgan fingerprint density at radius 2 is 2.16 bits per heavy atom. The van der Waals surface area contributed by atoms with Crippen LogP contribution in [-0.2, 0) is 6.54 Å². The van der Waals surface area contributed by atoms with Crippen molar-refractivity contribution in [3.8, 4) is 0 Å². The maximum atomic E-state index is 10.8. The number of nitro groups is 1. The third-order valence-corrected chi connectivity index (χ3v) is 3.45. The summed E-state index contributed by atoms with van der Waals surface area (Å²) < 4.78 is 0. The number of nitrogens with two attached hydrogens (primary N) is 1. The second kappa shape index (κ2) is 7.06. The molecule has 19 heavy (non-hydrogen) atoms. The van der Waals surface area contributed by atoms with Crippen molar-refractivity contribution in [2.75, 3.05) is 12.0 Å². The fraction of sp³-hybridized carbons (Fsp3) is 0.538. The van der Waals surface area contributed by atoms with Gasteiger partial charge in [0.2, 0.25) is 0 Å². The minimum Gasteiger partial charge on any atom is -0.324 e. The van der Waals surface area contributed by atoms with E-state index in [-0.39, 0.29) is 10.6 Å². The van der Waals surface area contributed by atoms with Gasteiger partial charge in [-0.1, -0.05) is 13.8 Å². The van der Waals surface area contributed by atoms with Crippen molar-refractivity contribution >= 4 is 11.4 Å². The quantitative estimate of drug-likeness (QED) is 0.450. The monoisotopic (exact) mass is 266 g/mol. The maximum Gasteiger partial charge on any atom is 0.269 e. The van der Waals surface area contributed by atoms with E-state index in [1.165, 1.54) is 6.07 Å². The van der Waals surface area contributed by atoms with E-state index in [9.17, 15) is 10.1 Å². The van der Waals surface area contributed by atoms with Crippen LogP contribution in [0.25, 0.3) is 0 Å². The molecule has 0 amide bonds. The number of hydrogen-bond donors (Lipinski definition) is 2. The van der Waals surface area contributed by atoms with Gasteiger partial charge in [-0.15, -0.1) is 0 Å².